The fraction of sp³-hybridized carbons (Fsp3) is 0.481. The molecule has 166 valence electrons. The number of hydrogen-bond acceptors (Lipinski definition) is 4. The maximum absolute atomic E-state index is 13.2. The molecule has 0 bridgehead atoms. The van der Waals surface area contributed by atoms with Gasteiger partial charge in [0.1, 0.15) is 0 Å². The molecule has 4 heteroatoms. The molecule has 3 rings (SSSR count). The first kappa shape index (κ1) is 23.1. The second kappa shape index (κ2) is 11.7. The molecule has 2 aromatic carbocycles. The molecule has 0 N–H and O–H groups in total. The van der Waals surface area contributed by atoms with Gasteiger partial charge in [-0.05, 0) is 35.1 Å². The van der Waals surface area contributed by atoms with Crippen LogP contribution in [0.5, 0.6) is 0 Å². The summed E-state index contributed by atoms with van der Waals surface area (Å²) in [5.41, 5.74) is 4.42. The third-order valence-electron chi connectivity index (χ3n) is 5.98. The first-order chi connectivity index (χ1) is 15.2. The van der Waals surface area contributed by atoms with Crippen molar-refractivity contribution in [2.75, 3.05) is 13.2 Å². The summed E-state index contributed by atoms with van der Waals surface area (Å²) in [4.78, 5) is 25.8. The van der Waals surface area contributed by atoms with E-state index in [1.54, 1.807) is 0 Å². The second-order valence-corrected chi connectivity index (χ2v) is 8.26. The number of ether oxygens (including phenoxy) is 2. The maximum Gasteiger partial charge on any atom is 0.310 e. The van der Waals surface area contributed by atoms with Gasteiger partial charge >= 0.3 is 11.9 Å². The zero-order chi connectivity index (χ0) is 22.1. The number of hydrogen-bond donors (Lipinski definition) is 0. The molecular formula is C27H34O4. The van der Waals surface area contributed by atoms with E-state index in [4.69, 9.17) is 9.47 Å². The third-order valence-corrected chi connectivity index (χ3v) is 5.98. The standard InChI is InChI=1S/C27H34O4/c1-3-5-11-17-30-25(28)19-24(27(29)31-18-12-6-4-2)26-22-15-9-7-13-20(22)21-14-8-10-16-23(21)26/h7-10,13-16,24,26H,3-6,11-12,17-19H2,1-2H3. The number of unbranched alkanes of at least 4 members (excludes halogenated alkanes) is 4. The smallest absolute Gasteiger partial charge is 0.310 e. The van der Waals surface area contributed by atoms with Crippen LogP contribution in [0.3, 0.4) is 0 Å². The minimum atomic E-state index is -0.592. The number of carbonyl (C=O) groups excluding carboxylic acids is 2. The van der Waals surface area contributed by atoms with Crippen molar-refractivity contribution in [3.05, 3.63) is 59.7 Å². The fourth-order valence-electron chi connectivity index (χ4n) is 4.37. The molecule has 4 nitrogen and oxygen atoms in total. The Bertz CT molecular complexity index is 828. The van der Waals surface area contributed by atoms with Gasteiger partial charge in [-0.1, -0.05) is 88.1 Å². The predicted octanol–water partition coefficient (Wildman–Crippen LogP) is 6.27. The van der Waals surface area contributed by atoms with Crippen LogP contribution in [0.25, 0.3) is 11.1 Å². The van der Waals surface area contributed by atoms with E-state index < -0.39 is 5.92 Å². The van der Waals surface area contributed by atoms with E-state index in [2.05, 4.69) is 38.1 Å². The summed E-state index contributed by atoms with van der Waals surface area (Å²) in [6.07, 6.45) is 5.91. The largest absolute Gasteiger partial charge is 0.466 e. The van der Waals surface area contributed by atoms with Crippen molar-refractivity contribution < 1.29 is 19.1 Å². The SMILES string of the molecule is CCCCCOC(=O)CC(C(=O)OCCCCC)C1c2ccccc2-c2ccccc21. The molecule has 31 heavy (non-hydrogen) atoms. The summed E-state index contributed by atoms with van der Waals surface area (Å²) in [6, 6.07) is 16.3. The van der Waals surface area contributed by atoms with Gasteiger partial charge in [0, 0.05) is 5.92 Å². The van der Waals surface area contributed by atoms with Crippen LogP contribution >= 0.6 is 0 Å². The van der Waals surface area contributed by atoms with Gasteiger partial charge < -0.3 is 9.47 Å². The fourth-order valence-corrected chi connectivity index (χ4v) is 4.37. The molecule has 1 unspecified atom stereocenters. The molecule has 0 amide bonds. The summed E-state index contributed by atoms with van der Waals surface area (Å²) in [6.45, 7) is 5.03. The monoisotopic (exact) mass is 422 g/mol. The lowest BCUT2D eigenvalue weighted by atomic mass is 9.82. The van der Waals surface area contributed by atoms with Crippen molar-refractivity contribution in [3.8, 4) is 11.1 Å². The Labute approximate surface area is 186 Å². The molecule has 0 aliphatic heterocycles. The molecule has 1 atom stereocenters. The van der Waals surface area contributed by atoms with Crippen LogP contribution in [-0.2, 0) is 19.1 Å². The van der Waals surface area contributed by atoms with Gasteiger partial charge in [0.05, 0.1) is 25.6 Å². The van der Waals surface area contributed by atoms with Crippen LogP contribution in [-0.4, -0.2) is 25.2 Å². The van der Waals surface area contributed by atoms with Crippen molar-refractivity contribution in [2.45, 2.75) is 64.7 Å². The Kier molecular flexibility index (Phi) is 8.69. The average Bonchev–Trinajstić information content (AvgIpc) is 3.12. The molecule has 1 aliphatic carbocycles. The summed E-state index contributed by atoms with van der Waals surface area (Å²) in [7, 11) is 0. The minimum Gasteiger partial charge on any atom is -0.466 e. The van der Waals surface area contributed by atoms with E-state index in [1.165, 1.54) is 0 Å². The average molecular weight is 423 g/mol. The molecule has 0 aromatic heterocycles. The van der Waals surface area contributed by atoms with E-state index in [0.717, 1.165) is 60.8 Å². The zero-order valence-electron chi connectivity index (χ0n) is 18.8. The van der Waals surface area contributed by atoms with Crippen LogP contribution < -0.4 is 0 Å². The lowest BCUT2D eigenvalue weighted by Gasteiger charge is -2.23. The van der Waals surface area contributed by atoms with E-state index in [-0.39, 0.29) is 24.3 Å². The highest BCUT2D eigenvalue weighted by molar-refractivity contribution is 5.86. The summed E-state index contributed by atoms with van der Waals surface area (Å²) < 4.78 is 11.1. The first-order valence-electron chi connectivity index (χ1n) is 11.7. The lowest BCUT2D eigenvalue weighted by molar-refractivity contribution is -0.155. The van der Waals surface area contributed by atoms with Crippen molar-refractivity contribution >= 4 is 11.9 Å². The number of carbonyl (C=O) groups is 2. The highest BCUT2D eigenvalue weighted by atomic mass is 16.5. The Morgan fingerprint density at radius 3 is 1.84 bits per heavy atom. The molecule has 0 saturated carbocycles. The van der Waals surface area contributed by atoms with Gasteiger partial charge in [-0.3, -0.25) is 9.59 Å². The zero-order valence-corrected chi connectivity index (χ0v) is 18.8. The molecule has 0 spiro atoms. The summed E-state index contributed by atoms with van der Waals surface area (Å²) in [5, 5.41) is 0. The van der Waals surface area contributed by atoms with Crippen LogP contribution in [0.1, 0.15) is 75.8 Å². The normalized spacial score (nSPS) is 13.4. The van der Waals surface area contributed by atoms with Gasteiger partial charge in [0.2, 0.25) is 0 Å². The molecule has 0 fully saturated rings. The maximum atomic E-state index is 13.2. The minimum absolute atomic E-state index is 0.0338. The van der Waals surface area contributed by atoms with Gasteiger partial charge in [0.25, 0.3) is 0 Å². The highest BCUT2D eigenvalue weighted by Crippen LogP contribution is 2.49. The van der Waals surface area contributed by atoms with Crippen molar-refractivity contribution in [3.63, 3.8) is 0 Å². The topological polar surface area (TPSA) is 52.6 Å². The van der Waals surface area contributed by atoms with E-state index in [1.807, 2.05) is 24.3 Å². The summed E-state index contributed by atoms with van der Waals surface area (Å²) in [5.74, 6) is -1.43. The van der Waals surface area contributed by atoms with Crippen LogP contribution in [0.15, 0.2) is 48.5 Å². The van der Waals surface area contributed by atoms with Crippen LogP contribution in [0.4, 0.5) is 0 Å². The number of benzene rings is 2. The third kappa shape index (κ3) is 5.75. The second-order valence-electron chi connectivity index (χ2n) is 8.26. The van der Waals surface area contributed by atoms with Crippen molar-refractivity contribution in [1.82, 2.24) is 0 Å². The Hall–Kier alpha value is -2.62. The van der Waals surface area contributed by atoms with Gasteiger partial charge in [-0.25, -0.2) is 0 Å². The van der Waals surface area contributed by atoms with E-state index in [9.17, 15) is 9.59 Å². The first-order valence-corrected chi connectivity index (χ1v) is 11.7. The van der Waals surface area contributed by atoms with Crippen molar-refractivity contribution in [2.24, 2.45) is 5.92 Å². The van der Waals surface area contributed by atoms with Gasteiger partial charge in [-0.2, -0.15) is 0 Å². The van der Waals surface area contributed by atoms with E-state index >= 15 is 0 Å². The highest BCUT2D eigenvalue weighted by Gasteiger charge is 2.40. The molecule has 0 heterocycles. The van der Waals surface area contributed by atoms with Crippen molar-refractivity contribution in [1.29, 1.82) is 0 Å². The molecule has 1 aliphatic rings. The molecule has 0 radical (unpaired) electrons. The predicted molar refractivity (Wildman–Crippen MR) is 123 cm³/mol. The van der Waals surface area contributed by atoms with E-state index in [0.29, 0.717) is 13.2 Å². The lowest BCUT2D eigenvalue weighted by Crippen LogP contribution is -2.28. The van der Waals surface area contributed by atoms with Crippen LogP contribution in [0.2, 0.25) is 0 Å². The number of esters is 2. The Morgan fingerprint density at radius 1 is 0.774 bits per heavy atom. The van der Waals surface area contributed by atoms with Gasteiger partial charge in [0.15, 0.2) is 0 Å². The Morgan fingerprint density at radius 2 is 1.29 bits per heavy atom. The quantitative estimate of drug-likeness (QED) is 0.299. The molecular weight excluding hydrogens is 388 g/mol. The molecule has 2 aromatic rings. The number of rotatable bonds is 12. The van der Waals surface area contributed by atoms with Gasteiger partial charge in [-0.15, -0.1) is 0 Å². The van der Waals surface area contributed by atoms with Crippen LogP contribution in [0, 0.1) is 5.92 Å². The summed E-state index contributed by atoms with van der Waals surface area (Å²) >= 11 is 0. The number of fused-ring (bicyclic) bond motifs is 3. The Balaban J connectivity index is 1.83. The molecule has 0 saturated heterocycles.